The molecule has 0 rings (SSSR count). The van der Waals surface area contributed by atoms with Crippen LogP contribution in [0.25, 0.3) is 0 Å². The first-order valence-electron chi connectivity index (χ1n) is 5.28. The minimum atomic E-state index is -1.20. The fourth-order valence-corrected chi connectivity index (χ4v) is 1.16. The minimum Gasteiger partial charge on any atom is -0.393 e. The summed E-state index contributed by atoms with van der Waals surface area (Å²) in [5.74, 6) is 0. The van der Waals surface area contributed by atoms with Crippen LogP contribution in [0.5, 0.6) is 0 Å². The summed E-state index contributed by atoms with van der Waals surface area (Å²) >= 11 is 0. The molecule has 1 N–H and O–H groups in total. The second-order valence-electron chi connectivity index (χ2n) is 3.25. The SMILES string of the molecule is [2H][C@@](C)(O)CCCCCCCC. The predicted molar refractivity (Wildman–Crippen MR) is 49.7 cm³/mol. The Morgan fingerprint density at radius 1 is 1.18 bits per heavy atom. The highest BCUT2D eigenvalue weighted by Gasteiger charge is 1.94. The fraction of sp³-hybridized carbons (Fsp3) is 1.00. The van der Waals surface area contributed by atoms with E-state index in [4.69, 9.17) is 6.48 Å². The van der Waals surface area contributed by atoms with Crippen LogP contribution >= 0.6 is 0 Å². The van der Waals surface area contributed by atoms with E-state index in [0.717, 1.165) is 12.8 Å². The largest absolute Gasteiger partial charge is 0.393 e. The number of unbranched alkanes of at least 4 members (excludes halogenated alkanes) is 5. The first-order valence-corrected chi connectivity index (χ1v) is 4.78. The second kappa shape index (κ2) is 8.06. The Hall–Kier alpha value is -0.0400. The molecule has 0 aromatic carbocycles. The lowest BCUT2D eigenvalue weighted by atomic mass is 10.1. The number of aliphatic hydroxyl groups is 1. The molecule has 0 saturated heterocycles. The third-order valence-corrected chi connectivity index (χ3v) is 1.89. The highest BCUT2D eigenvalue weighted by molar-refractivity contribution is 4.48. The van der Waals surface area contributed by atoms with E-state index in [2.05, 4.69) is 6.92 Å². The van der Waals surface area contributed by atoms with Gasteiger partial charge < -0.3 is 5.11 Å². The van der Waals surface area contributed by atoms with E-state index < -0.39 is 6.08 Å². The van der Waals surface area contributed by atoms with E-state index in [9.17, 15) is 0 Å². The average molecular weight is 159 g/mol. The predicted octanol–water partition coefficient (Wildman–Crippen LogP) is 3.12. The van der Waals surface area contributed by atoms with Crippen LogP contribution in [0.2, 0.25) is 0 Å². The third kappa shape index (κ3) is 9.96. The first-order chi connectivity index (χ1) is 5.56. The van der Waals surface area contributed by atoms with Crippen LogP contribution in [0.1, 0.15) is 60.2 Å². The number of rotatable bonds is 7. The van der Waals surface area contributed by atoms with Gasteiger partial charge in [0.15, 0.2) is 0 Å². The lowest BCUT2D eigenvalue weighted by Crippen LogP contribution is -1.98. The molecule has 1 nitrogen and oxygen atoms in total. The van der Waals surface area contributed by atoms with Gasteiger partial charge in [-0.05, 0) is 13.3 Å². The molecule has 0 aliphatic carbocycles. The molecule has 1 heteroatoms. The molecular formula is C10H22O. The Kier molecular flexibility index (Phi) is 6.63. The van der Waals surface area contributed by atoms with Crippen LogP contribution in [0.15, 0.2) is 0 Å². The maximum atomic E-state index is 9.09. The van der Waals surface area contributed by atoms with E-state index in [-0.39, 0.29) is 0 Å². The molecule has 0 aromatic rings. The summed E-state index contributed by atoms with van der Waals surface area (Å²) in [6, 6.07) is 0. The topological polar surface area (TPSA) is 20.2 Å². The molecule has 0 heterocycles. The summed E-state index contributed by atoms with van der Waals surface area (Å²) in [4.78, 5) is 0. The van der Waals surface area contributed by atoms with Crippen molar-refractivity contribution >= 4 is 0 Å². The molecule has 68 valence electrons. The van der Waals surface area contributed by atoms with Crippen molar-refractivity contribution in [3.63, 3.8) is 0 Å². The van der Waals surface area contributed by atoms with Crippen molar-refractivity contribution in [2.45, 2.75) is 64.9 Å². The zero-order valence-electron chi connectivity index (χ0n) is 8.90. The third-order valence-electron chi connectivity index (χ3n) is 1.89. The zero-order chi connectivity index (χ0) is 9.45. The quantitative estimate of drug-likeness (QED) is 0.566. The minimum absolute atomic E-state index is 0.610. The van der Waals surface area contributed by atoms with Gasteiger partial charge in [-0.2, -0.15) is 0 Å². The van der Waals surface area contributed by atoms with Crippen molar-refractivity contribution < 1.29 is 6.48 Å². The van der Waals surface area contributed by atoms with E-state index >= 15 is 0 Å². The van der Waals surface area contributed by atoms with Crippen molar-refractivity contribution in [1.82, 2.24) is 0 Å². The van der Waals surface area contributed by atoms with Gasteiger partial charge in [-0.15, -0.1) is 0 Å². The van der Waals surface area contributed by atoms with Crippen LogP contribution in [0.3, 0.4) is 0 Å². The van der Waals surface area contributed by atoms with Gasteiger partial charge >= 0.3 is 0 Å². The van der Waals surface area contributed by atoms with Gasteiger partial charge in [0.1, 0.15) is 0 Å². The van der Waals surface area contributed by atoms with Crippen molar-refractivity contribution in [2.75, 3.05) is 0 Å². The molecule has 0 aliphatic heterocycles. The van der Waals surface area contributed by atoms with Gasteiger partial charge in [0, 0.05) is 0 Å². The van der Waals surface area contributed by atoms with Gasteiger partial charge in [0.05, 0.1) is 7.45 Å². The summed E-state index contributed by atoms with van der Waals surface area (Å²) < 4.78 is 7.20. The molecule has 0 aliphatic rings. The normalized spacial score (nSPS) is 17.5. The molecule has 0 unspecified atom stereocenters. The Balaban J connectivity index is 3.01. The molecule has 0 bridgehead atoms. The zero-order valence-corrected chi connectivity index (χ0v) is 7.90. The molecule has 0 fully saturated rings. The van der Waals surface area contributed by atoms with E-state index in [1.54, 1.807) is 6.92 Å². The van der Waals surface area contributed by atoms with Crippen molar-refractivity contribution in [3.8, 4) is 0 Å². The second-order valence-corrected chi connectivity index (χ2v) is 3.25. The first kappa shape index (κ1) is 9.05. The summed E-state index contributed by atoms with van der Waals surface area (Å²) in [5.41, 5.74) is 0. The van der Waals surface area contributed by atoms with Crippen LogP contribution in [-0.2, 0) is 0 Å². The van der Waals surface area contributed by atoms with Gasteiger partial charge in [-0.25, -0.2) is 0 Å². The lowest BCUT2D eigenvalue weighted by Gasteiger charge is -2.02. The van der Waals surface area contributed by atoms with Crippen molar-refractivity contribution in [1.29, 1.82) is 0 Å². The average Bonchev–Trinajstić information content (AvgIpc) is 1.94. The van der Waals surface area contributed by atoms with Gasteiger partial charge in [-0.1, -0.05) is 45.4 Å². The molecule has 0 radical (unpaired) electrons. The maximum absolute atomic E-state index is 9.09. The van der Waals surface area contributed by atoms with Gasteiger partial charge in [0.2, 0.25) is 0 Å². The summed E-state index contributed by atoms with van der Waals surface area (Å²) in [7, 11) is 0. The van der Waals surface area contributed by atoms with Crippen molar-refractivity contribution in [3.05, 3.63) is 0 Å². The molecule has 0 spiro atoms. The van der Waals surface area contributed by atoms with E-state index in [1.807, 2.05) is 0 Å². The Morgan fingerprint density at radius 2 is 1.73 bits per heavy atom. The highest BCUT2D eigenvalue weighted by atomic mass is 16.3. The molecule has 1 atom stereocenters. The van der Waals surface area contributed by atoms with Crippen LogP contribution in [0, 0.1) is 0 Å². The fourth-order valence-electron chi connectivity index (χ4n) is 1.16. The maximum Gasteiger partial charge on any atom is 0.0597 e. The van der Waals surface area contributed by atoms with Crippen LogP contribution in [0.4, 0.5) is 0 Å². The molecular weight excluding hydrogens is 136 g/mol. The van der Waals surface area contributed by atoms with E-state index in [1.165, 1.54) is 25.7 Å². The van der Waals surface area contributed by atoms with E-state index in [0.29, 0.717) is 6.42 Å². The standard InChI is InChI=1S/C10H22O/c1-3-4-5-6-7-8-9-10(2)11/h10-11H,3-9H2,1-2H3/t10-/m0/s1/i10D. The smallest absolute Gasteiger partial charge is 0.0597 e. The summed E-state index contributed by atoms with van der Waals surface area (Å²) in [6.45, 7) is 3.76. The molecule has 0 amide bonds. The van der Waals surface area contributed by atoms with Gasteiger partial charge in [-0.3, -0.25) is 0 Å². The van der Waals surface area contributed by atoms with Gasteiger partial charge in [0.25, 0.3) is 0 Å². The number of hydrogen-bond donors (Lipinski definition) is 1. The number of hydrogen-bond acceptors (Lipinski definition) is 1. The van der Waals surface area contributed by atoms with Crippen molar-refractivity contribution in [2.24, 2.45) is 0 Å². The molecule has 0 aromatic heterocycles. The summed E-state index contributed by atoms with van der Waals surface area (Å²) in [6.07, 6.45) is 6.70. The Labute approximate surface area is 72.2 Å². The molecule has 11 heavy (non-hydrogen) atoms. The Morgan fingerprint density at radius 3 is 2.27 bits per heavy atom. The monoisotopic (exact) mass is 159 g/mol. The molecule has 0 saturated carbocycles. The van der Waals surface area contributed by atoms with Crippen LogP contribution < -0.4 is 0 Å². The van der Waals surface area contributed by atoms with Crippen LogP contribution in [-0.4, -0.2) is 11.2 Å². The summed E-state index contributed by atoms with van der Waals surface area (Å²) in [5, 5.41) is 9.09. The highest BCUT2D eigenvalue weighted by Crippen LogP contribution is 2.07. The lowest BCUT2D eigenvalue weighted by molar-refractivity contribution is 0.180. The Bertz CT molecular complexity index is 96.5.